The molecule has 19 heavy (non-hydrogen) atoms. The first-order valence-electron chi connectivity index (χ1n) is 6.70. The fraction of sp³-hybridized carbons (Fsp3) is 0.846. The summed E-state index contributed by atoms with van der Waals surface area (Å²) in [6.07, 6.45) is 3.42. The first kappa shape index (κ1) is 17.7. The molecule has 0 bridgehead atoms. The number of amides is 1. The van der Waals surface area contributed by atoms with Crippen molar-refractivity contribution in [2.24, 2.45) is 16.3 Å². The Bertz CT molecular complexity index is 301. The van der Waals surface area contributed by atoms with Gasteiger partial charge in [-0.15, -0.1) is 0 Å². The number of hydrogen-bond donors (Lipinski definition) is 3. The van der Waals surface area contributed by atoms with Gasteiger partial charge in [-0.2, -0.15) is 0 Å². The highest BCUT2D eigenvalue weighted by Crippen LogP contribution is 2.22. The molecule has 0 aliphatic carbocycles. The van der Waals surface area contributed by atoms with Gasteiger partial charge in [-0.25, -0.2) is 0 Å². The highest BCUT2D eigenvalue weighted by Gasteiger charge is 2.22. The van der Waals surface area contributed by atoms with Crippen LogP contribution in [0.5, 0.6) is 0 Å². The summed E-state index contributed by atoms with van der Waals surface area (Å²) in [6.45, 7) is 5.52. The third kappa shape index (κ3) is 7.66. The van der Waals surface area contributed by atoms with E-state index in [0.717, 1.165) is 25.8 Å². The second-order valence-electron chi connectivity index (χ2n) is 5.61. The molecule has 6 nitrogen and oxygen atoms in total. The predicted octanol–water partition coefficient (Wildman–Crippen LogP) is 0.997. The molecule has 0 spiro atoms. The highest BCUT2D eigenvalue weighted by molar-refractivity contribution is 5.85. The minimum absolute atomic E-state index is 0.139. The maximum atomic E-state index is 11.3. The van der Waals surface area contributed by atoms with Gasteiger partial charge in [0.15, 0.2) is 0 Å². The standard InChI is InChI=1S/C13H28N4O2/c1-13(2,12(14)16-19)8-5-6-9-15-10-7-11(18)17(3)4/h15,19H,5-10H2,1-4H3,(H2,14,16). The Labute approximate surface area is 116 Å². The van der Waals surface area contributed by atoms with Crippen molar-refractivity contribution in [3.8, 4) is 0 Å². The van der Waals surface area contributed by atoms with Gasteiger partial charge >= 0.3 is 0 Å². The number of carbonyl (C=O) groups is 1. The average Bonchev–Trinajstić information content (AvgIpc) is 2.35. The number of nitrogens with two attached hydrogens (primary N) is 1. The minimum atomic E-state index is -0.268. The fourth-order valence-electron chi connectivity index (χ4n) is 1.62. The van der Waals surface area contributed by atoms with Crippen LogP contribution in [0.4, 0.5) is 0 Å². The summed E-state index contributed by atoms with van der Waals surface area (Å²) in [4.78, 5) is 12.9. The minimum Gasteiger partial charge on any atom is -0.409 e. The van der Waals surface area contributed by atoms with Gasteiger partial charge in [0.05, 0.1) is 0 Å². The Morgan fingerprint density at radius 2 is 1.95 bits per heavy atom. The van der Waals surface area contributed by atoms with E-state index in [1.54, 1.807) is 19.0 Å². The van der Waals surface area contributed by atoms with Crippen molar-refractivity contribution >= 4 is 11.7 Å². The number of nitrogens with zero attached hydrogens (tertiary/aromatic N) is 2. The van der Waals surface area contributed by atoms with E-state index in [1.807, 2.05) is 13.8 Å². The van der Waals surface area contributed by atoms with E-state index in [4.69, 9.17) is 10.9 Å². The zero-order chi connectivity index (χ0) is 14.9. The Balaban J connectivity index is 3.59. The van der Waals surface area contributed by atoms with Crippen molar-refractivity contribution < 1.29 is 10.0 Å². The van der Waals surface area contributed by atoms with Gasteiger partial charge in [0.25, 0.3) is 0 Å². The molecule has 6 heteroatoms. The summed E-state index contributed by atoms with van der Waals surface area (Å²) in [5.41, 5.74) is 5.35. The second-order valence-corrected chi connectivity index (χ2v) is 5.61. The fourth-order valence-corrected chi connectivity index (χ4v) is 1.62. The zero-order valence-corrected chi connectivity index (χ0v) is 12.6. The molecule has 0 atom stereocenters. The van der Waals surface area contributed by atoms with Gasteiger partial charge in [0, 0.05) is 32.5 Å². The quantitative estimate of drug-likeness (QED) is 0.192. The van der Waals surface area contributed by atoms with Crippen LogP contribution >= 0.6 is 0 Å². The third-order valence-electron chi connectivity index (χ3n) is 3.22. The molecule has 4 N–H and O–H groups in total. The molecule has 0 heterocycles. The van der Waals surface area contributed by atoms with E-state index < -0.39 is 0 Å². The molecule has 0 aromatic rings. The van der Waals surface area contributed by atoms with E-state index >= 15 is 0 Å². The van der Waals surface area contributed by atoms with Gasteiger partial charge in [0.2, 0.25) is 5.91 Å². The molecular weight excluding hydrogens is 244 g/mol. The lowest BCUT2D eigenvalue weighted by molar-refractivity contribution is -0.128. The number of oxime groups is 1. The summed E-state index contributed by atoms with van der Waals surface area (Å²) in [7, 11) is 3.52. The van der Waals surface area contributed by atoms with Crippen LogP contribution in [0.15, 0.2) is 5.16 Å². The summed E-state index contributed by atoms with van der Waals surface area (Å²) in [5.74, 6) is 0.414. The second kappa shape index (κ2) is 8.74. The number of carbonyl (C=O) groups excluding carboxylic acids is 1. The van der Waals surface area contributed by atoms with Crippen molar-refractivity contribution in [3.63, 3.8) is 0 Å². The van der Waals surface area contributed by atoms with E-state index in [9.17, 15) is 4.79 Å². The lowest BCUT2D eigenvalue weighted by Gasteiger charge is -2.22. The molecule has 0 aliphatic rings. The topological polar surface area (TPSA) is 91.0 Å². The maximum Gasteiger partial charge on any atom is 0.223 e. The number of unbranched alkanes of at least 4 members (excludes halogenated alkanes) is 1. The largest absolute Gasteiger partial charge is 0.409 e. The number of amidine groups is 1. The van der Waals surface area contributed by atoms with E-state index in [1.165, 1.54) is 0 Å². The van der Waals surface area contributed by atoms with Gasteiger partial charge in [-0.05, 0) is 19.4 Å². The van der Waals surface area contributed by atoms with Crippen LogP contribution in [0.1, 0.15) is 39.5 Å². The lowest BCUT2D eigenvalue weighted by Crippen LogP contribution is -2.32. The summed E-state index contributed by atoms with van der Waals surface area (Å²) in [5, 5.41) is 15.0. The first-order chi connectivity index (χ1) is 8.81. The van der Waals surface area contributed by atoms with Gasteiger partial charge in [0.1, 0.15) is 5.84 Å². The van der Waals surface area contributed by atoms with Crippen molar-refractivity contribution in [1.29, 1.82) is 0 Å². The third-order valence-corrected chi connectivity index (χ3v) is 3.22. The van der Waals surface area contributed by atoms with Crippen LogP contribution in [0, 0.1) is 5.41 Å². The molecule has 0 saturated heterocycles. The summed E-state index contributed by atoms with van der Waals surface area (Å²) < 4.78 is 0. The van der Waals surface area contributed by atoms with E-state index in [-0.39, 0.29) is 17.2 Å². The molecule has 0 aromatic heterocycles. The SMILES string of the molecule is CN(C)C(=O)CCNCCCCC(C)(C)C(N)=NO. The highest BCUT2D eigenvalue weighted by atomic mass is 16.4. The molecule has 1 amide bonds. The molecule has 112 valence electrons. The summed E-state index contributed by atoms with van der Waals surface area (Å²) in [6, 6.07) is 0. The van der Waals surface area contributed by atoms with E-state index in [2.05, 4.69) is 10.5 Å². The number of hydrogen-bond acceptors (Lipinski definition) is 4. The van der Waals surface area contributed by atoms with Crippen LogP contribution in [-0.2, 0) is 4.79 Å². The van der Waals surface area contributed by atoms with Crippen LogP contribution in [0.3, 0.4) is 0 Å². The number of nitrogens with one attached hydrogen (secondary N) is 1. The normalized spacial score (nSPS) is 12.5. The number of rotatable bonds is 9. The molecular formula is C13H28N4O2. The molecule has 0 unspecified atom stereocenters. The maximum absolute atomic E-state index is 11.3. The lowest BCUT2D eigenvalue weighted by atomic mass is 9.86. The molecule has 0 aromatic carbocycles. The molecule has 0 aliphatic heterocycles. The zero-order valence-electron chi connectivity index (χ0n) is 12.6. The van der Waals surface area contributed by atoms with Crippen molar-refractivity contribution in [2.75, 3.05) is 27.2 Å². The van der Waals surface area contributed by atoms with Gasteiger partial charge in [-0.1, -0.05) is 25.4 Å². The Hall–Kier alpha value is -1.30. The Kier molecular flexibility index (Phi) is 8.14. The average molecular weight is 272 g/mol. The van der Waals surface area contributed by atoms with Crippen molar-refractivity contribution in [1.82, 2.24) is 10.2 Å². The Morgan fingerprint density at radius 3 is 2.47 bits per heavy atom. The first-order valence-corrected chi connectivity index (χ1v) is 6.70. The smallest absolute Gasteiger partial charge is 0.223 e. The molecule has 0 fully saturated rings. The van der Waals surface area contributed by atoms with Crippen LogP contribution in [0.2, 0.25) is 0 Å². The van der Waals surface area contributed by atoms with Crippen LogP contribution in [0.25, 0.3) is 0 Å². The van der Waals surface area contributed by atoms with Gasteiger partial charge in [-0.3, -0.25) is 4.79 Å². The van der Waals surface area contributed by atoms with Crippen LogP contribution < -0.4 is 11.1 Å². The van der Waals surface area contributed by atoms with E-state index in [0.29, 0.717) is 13.0 Å². The molecule has 0 saturated carbocycles. The van der Waals surface area contributed by atoms with Gasteiger partial charge < -0.3 is 21.2 Å². The van der Waals surface area contributed by atoms with Crippen molar-refractivity contribution in [2.45, 2.75) is 39.5 Å². The van der Waals surface area contributed by atoms with Crippen molar-refractivity contribution in [3.05, 3.63) is 0 Å². The molecule has 0 rings (SSSR count). The monoisotopic (exact) mass is 272 g/mol. The van der Waals surface area contributed by atoms with Crippen LogP contribution in [-0.4, -0.2) is 49.0 Å². The molecule has 0 radical (unpaired) electrons. The predicted molar refractivity (Wildman–Crippen MR) is 77.2 cm³/mol. The Morgan fingerprint density at radius 1 is 1.32 bits per heavy atom. The summed E-state index contributed by atoms with van der Waals surface area (Å²) >= 11 is 0.